The molecule has 0 amide bonds. The molecule has 268 valence electrons. The third-order valence-corrected chi connectivity index (χ3v) is 8.28. The molecule has 6 aromatic carbocycles. The third-order valence-electron chi connectivity index (χ3n) is 7.63. The van der Waals surface area contributed by atoms with Crippen molar-refractivity contribution in [1.82, 2.24) is 0 Å². The average Bonchev–Trinajstić information content (AvgIpc) is 3.20. The molecule has 0 aliphatic carbocycles. The van der Waals surface area contributed by atoms with Crippen LogP contribution >= 0.6 is 15.9 Å². The van der Waals surface area contributed by atoms with Gasteiger partial charge < -0.3 is 24.1 Å². The highest BCUT2D eigenvalue weighted by Gasteiger charge is 2.06. The van der Waals surface area contributed by atoms with Crippen molar-refractivity contribution in [1.29, 1.82) is 0 Å². The maximum Gasteiger partial charge on any atom is 0.508 e. The van der Waals surface area contributed by atoms with Crippen molar-refractivity contribution >= 4 is 22.1 Å². The van der Waals surface area contributed by atoms with Gasteiger partial charge in [0.15, 0.2) is 0 Å². The van der Waals surface area contributed by atoms with Crippen LogP contribution in [0.4, 0.5) is 4.79 Å². The van der Waals surface area contributed by atoms with Gasteiger partial charge in [0.1, 0.15) is 37.9 Å². The number of alkyl halides is 1. The fourth-order valence-electron chi connectivity index (χ4n) is 4.54. The molecule has 0 bridgehead atoms. The first kappa shape index (κ1) is 39.4. The lowest BCUT2D eigenvalue weighted by atomic mass is 10.2. The van der Waals surface area contributed by atoms with Gasteiger partial charge in [0.05, 0.1) is 6.61 Å². The molecule has 0 unspecified atom stereocenters. The zero-order valence-corrected chi connectivity index (χ0v) is 31.2. The fraction of sp³-hybridized carbons (Fsp3) is 0.178. The van der Waals surface area contributed by atoms with Gasteiger partial charge in [-0.1, -0.05) is 161 Å². The summed E-state index contributed by atoms with van der Waals surface area (Å²) in [6.07, 6.45) is -0.682. The van der Waals surface area contributed by atoms with Crippen LogP contribution in [0.2, 0.25) is 0 Å². The van der Waals surface area contributed by atoms with E-state index in [1.165, 1.54) is 16.7 Å². The number of ether oxygens (including phenoxy) is 4. The van der Waals surface area contributed by atoms with Crippen molar-refractivity contribution in [3.8, 4) is 11.5 Å². The van der Waals surface area contributed by atoms with E-state index in [2.05, 4.69) is 90.4 Å². The second-order valence-corrected chi connectivity index (χ2v) is 12.5. The van der Waals surface area contributed by atoms with Gasteiger partial charge in [-0.05, 0) is 71.5 Å². The number of carbonyl (C=O) groups excluding carboxylic acids is 1. The van der Waals surface area contributed by atoms with Gasteiger partial charge in [-0.2, -0.15) is 0 Å². The molecule has 1 N–H and O–H groups in total. The summed E-state index contributed by atoms with van der Waals surface area (Å²) in [5, 5.41) is 9.87. The summed E-state index contributed by atoms with van der Waals surface area (Å²) < 4.78 is 21.6. The standard InChI is InChI=1S/C23H22O4.C15H16O2.C7H7Br/c1-18-7-9-20(10-8-18)15-25-22-13-11-21(12-14-22)17-27-23(24)26-16-19-5-3-2-4-6-19;1-12-2-4-14(5-3-12)11-17-15-8-6-13(10-16)7-9-15;8-6-7-4-2-1-3-5-7/h2-14H,15-17H2,1H3;2-9,16H,10-11H2,1H3;1-5H,6H2. The number of hydrogen-bond donors (Lipinski definition) is 1. The zero-order chi connectivity index (χ0) is 36.8. The summed E-state index contributed by atoms with van der Waals surface area (Å²) in [5.41, 5.74) is 8.77. The van der Waals surface area contributed by atoms with Crippen molar-refractivity contribution in [2.75, 3.05) is 0 Å². The molecule has 0 aliphatic heterocycles. The highest BCUT2D eigenvalue weighted by atomic mass is 79.9. The normalized spacial score (nSPS) is 10.1. The fourth-order valence-corrected chi connectivity index (χ4v) is 4.92. The molecule has 0 spiro atoms. The van der Waals surface area contributed by atoms with Gasteiger partial charge in [-0.25, -0.2) is 4.79 Å². The predicted molar refractivity (Wildman–Crippen MR) is 210 cm³/mol. The number of halogens is 1. The monoisotopic (exact) mass is 760 g/mol. The van der Waals surface area contributed by atoms with Crippen LogP contribution in [0.5, 0.6) is 11.5 Å². The van der Waals surface area contributed by atoms with Crippen molar-refractivity contribution < 1.29 is 28.8 Å². The predicted octanol–water partition coefficient (Wildman–Crippen LogP) is 11.1. The Morgan fingerprint density at radius 3 is 1.19 bits per heavy atom. The van der Waals surface area contributed by atoms with Crippen LogP contribution in [0.3, 0.4) is 0 Å². The second-order valence-electron chi connectivity index (χ2n) is 11.9. The molecule has 6 rings (SSSR count). The Morgan fingerprint density at radius 2 is 0.808 bits per heavy atom. The second kappa shape index (κ2) is 22.4. The molecule has 0 aromatic heterocycles. The number of aliphatic hydroxyl groups excluding tert-OH is 1. The summed E-state index contributed by atoms with van der Waals surface area (Å²) >= 11 is 3.36. The first-order chi connectivity index (χ1) is 25.4. The molecule has 0 fully saturated rings. The SMILES string of the molecule is BrCc1ccccc1.Cc1ccc(COc2ccc(CO)cc2)cc1.Cc1ccc(COc2ccc(COC(=O)OCc3ccccc3)cc2)cc1. The van der Waals surface area contributed by atoms with E-state index in [0.717, 1.165) is 44.6 Å². The first-order valence-electron chi connectivity index (χ1n) is 17.0. The summed E-state index contributed by atoms with van der Waals surface area (Å²) in [6.45, 7) is 5.64. The number of aliphatic hydroxyl groups is 1. The molecular weight excluding hydrogens is 716 g/mol. The van der Waals surface area contributed by atoms with Gasteiger partial charge in [0, 0.05) is 5.33 Å². The lowest BCUT2D eigenvalue weighted by Crippen LogP contribution is -2.07. The minimum atomic E-state index is -0.682. The van der Waals surface area contributed by atoms with Gasteiger partial charge in [-0.3, -0.25) is 0 Å². The molecule has 6 aromatic rings. The van der Waals surface area contributed by atoms with E-state index in [9.17, 15) is 4.79 Å². The summed E-state index contributed by atoms with van der Waals surface area (Å²) in [5.74, 6) is 1.59. The van der Waals surface area contributed by atoms with Crippen molar-refractivity contribution in [2.45, 2.75) is 52.2 Å². The number of hydrogen-bond acceptors (Lipinski definition) is 6. The van der Waals surface area contributed by atoms with E-state index < -0.39 is 6.16 Å². The smallest absolute Gasteiger partial charge is 0.489 e. The lowest BCUT2D eigenvalue weighted by Gasteiger charge is -2.09. The van der Waals surface area contributed by atoms with Crippen LogP contribution in [0.1, 0.15) is 44.5 Å². The Hall–Kier alpha value is -5.37. The van der Waals surface area contributed by atoms with Gasteiger partial charge in [0.25, 0.3) is 0 Å². The molecule has 0 heterocycles. The van der Waals surface area contributed by atoms with E-state index in [1.54, 1.807) is 0 Å². The molecule has 0 radical (unpaired) electrons. The Bertz CT molecular complexity index is 1840. The minimum Gasteiger partial charge on any atom is -0.489 e. The molecule has 0 atom stereocenters. The molecule has 0 saturated heterocycles. The molecule has 0 aliphatic rings. The third kappa shape index (κ3) is 15.3. The quantitative estimate of drug-likeness (QED) is 0.0989. The van der Waals surface area contributed by atoms with E-state index in [4.69, 9.17) is 24.1 Å². The van der Waals surface area contributed by atoms with Gasteiger partial charge in [0.2, 0.25) is 0 Å². The maximum atomic E-state index is 11.7. The van der Waals surface area contributed by atoms with Crippen LogP contribution in [-0.2, 0) is 47.8 Å². The molecule has 0 saturated carbocycles. The van der Waals surface area contributed by atoms with Crippen LogP contribution in [-0.4, -0.2) is 11.3 Å². The van der Waals surface area contributed by atoms with Crippen LogP contribution in [0.25, 0.3) is 0 Å². The number of rotatable bonds is 12. The highest BCUT2D eigenvalue weighted by molar-refractivity contribution is 9.08. The van der Waals surface area contributed by atoms with E-state index >= 15 is 0 Å². The van der Waals surface area contributed by atoms with E-state index in [1.807, 2.05) is 97.1 Å². The minimum absolute atomic E-state index is 0.0677. The van der Waals surface area contributed by atoms with Crippen molar-refractivity contribution in [3.05, 3.63) is 202 Å². The van der Waals surface area contributed by atoms with Gasteiger partial charge in [-0.15, -0.1) is 0 Å². The largest absolute Gasteiger partial charge is 0.508 e. The summed E-state index contributed by atoms with van der Waals surface area (Å²) in [6, 6.07) is 51.2. The molecule has 52 heavy (non-hydrogen) atoms. The summed E-state index contributed by atoms with van der Waals surface area (Å²) in [7, 11) is 0. The van der Waals surface area contributed by atoms with Crippen LogP contribution in [0.15, 0.2) is 158 Å². The maximum absolute atomic E-state index is 11.7. The Kier molecular flexibility index (Phi) is 17.0. The Morgan fingerprint density at radius 1 is 0.462 bits per heavy atom. The highest BCUT2D eigenvalue weighted by Crippen LogP contribution is 2.17. The van der Waals surface area contributed by atoms with Crippen molar-refractivity contribution in [2.24, 2.45) is 0 Å². The molecule has 7 heteroatoms. The lowest BCUT2D eigenvalue weighted by molar-refractivity contribution is 0.0446. The Balaban J connectivity index is 0.000000204. The Labute approximate surface area is 315 Å². The molecule has 6 nitrogen and oxygen atoms in total. The number of carbonyl (C=O) groups is 1. The van der Waals surface area contributed by atoms with E-state index in [-0.39, 0.29) is 19.8 Å². The zero-order valence-electron chi connectivity index (χ0n) is 29.6. The number of benzene rings is 6. The average molecular weight is 762 g/mol. The molecular formula is C45H45BrO6. The van der Waals surface area contributed by atoms with Crippen LogP contribution < -0.4 is 9.47 Å². The van der Waals surface area contributed by atoms with Crippen LogP contribution in [0, 0.1) is 13.8 Å². The van der Waals surface area contributed by atoms with Gasteiger partial charge >= 0.3 is 6.16 Å². The number of aryl methyl sites for hydroxylation is 2. The summed E-state index contributed by atoms with van der Waals surface area (Å²) in [4.78, 5) is 11.7. The van der Waals surface area contributed by atoms with E-state index in [0.29, 0.717) is 13.2 Å². The topological polar surface area (TPSA) is 74.2 Å². The first-order valence-corrected chi connectivity index (χ1v) is 18.1. The van der Waals surface area contributed by atoms with Crippen molar-refractivity contribution in [3.63, 3.8) is 0 Å².